The molecule has 2 N–H and O–H groups in total. The van der Waals surface area contributed by atoms with E-state index in [1.54, 1.807) is 6.07 Å². The Balaban J connectivity index is 1.91. The number of nitro benzene ring substituents is 2. The first-order chi connectivity index (χ1) is 12.4. The number of nitrogens with one attached hydrogen (secondary N) is 2. The summed E-state index contributed by atoms with van der Waals surface area (Å²) in [6.07, 6.45) is 2.44. The summed E-state index contributed by atoms with van der Waals surface area (Å²) in [5.74, 6) is -1.32. The zero-order chi connectivity index (χ0) is 19.1. The van der Waals surface area contributed by atoms with E-state index in [-0.39, 0.29) is 16.9 Å². The molecule has 2 aromatic carbocycles. The van der Waals surface area contributed by atoms with Crippen LogP contribution in [0.1, 0.15) is 15.9 Å². The molecule has 2 amide bonds. The van der Waals surface area contributed by atoms with E-state index in [4.69, 9.17) is 0 Å². The first-order valence-electron chi connectivity index (χ1n) is 7.14. The molecule has 0 unspecified atom stereocenters. The van der Waals surface area contributed by atoms with Gasteiger partial charge in [0.25, 0.3) is 23.2 Å². The first kappa shape index (κ1) is 18.3. The van der Waals surface area contributed by atoms with Gasteiger partial charge in [-0.1, -0.05) is 12.1 Å². The standard InChI is InChI=1S/C16H12N4O6/c21-15(9-4-11-2-1-3-14(10-11)20(25)26)17-18-16(22)12-5-7-13(8-6-12)19(23)24/h1-10H,(H,17,21)(H,18,22)/b9-4+. The van der Waals surface area contributed by atoms with Crippen LogP contribution in [-0.2, 0) is 4.79 Å². The number of non-ortho nitro benzene ring substituents is 2. The maximum absolute atomic E-state index is 11.8. The summed E-state index contributed by atoms with van der Waals surface area (Å²) in [5, 5.41) is 21.2. The highest BCUT2D eigenvalue weighted by atomic mass is 16.6. The van der Waals surface area contributed by atoms with Gasteiger partial charge in [-0.25, -0.2) is 0 Å². The van der Waals surface area contributed by atoms with Crippen molar-refractivity contribution in [1.29, 1.82) is 0 Å². The molecular formula is C16H12N4O6. The molecule has 0 heterocycles. The fourth-order valence-electron chi connectivity index (χ4n) is 1.88. The largest absolute Gasteiger partial charge is 0.270 e. The SMILES string of the molecule is O=C(/C=C/c1cccc([N+](=O)[O-])c1)NNC(=O)c1ccc([N+](=O)[O-])cc1. The van der Waals surface area contributed by atoms with Crippen molar-refractivity contribution in [2.24, 2.45) is 0 Å². The summed E-state index contributed by atoms with van der Waals surface area (Å²) in [7, 11) is 0. The lowest BCUT2D eigenvalue weighted by molar-refractivity contribution is -0.385. The van der Waals surface area contributed by atoms with Gasteiger partial charge in [0, 0.05) is 35.9 Å². The first-order valence-corrected chi connectivity index (χ1v) is 7.14. The lowest BCUT2D eigenvalue weighted by Crippen LogP contribution is -2.40. The van der Waals surface area contributed by atoms with E-state index in [0.29, 0.717) is 5.56 Å². The van der Waals surface area contributed by atoms with Crippen molar-refractivity contribution < 1.29 is 19.4 Å². The molecule has 0 spiro atoms. The number of amides is 2. The lowest BCUT2D eigenvalue weighted by Gasteiger charge is -2.05. The summed E-state index contributed by atoms with van der Waals surface area (Å²) in [4.78, 5) is 43.6. The summed E-state index contributed by atoms with van der Waals surface area (Å²) in [6, 6.07) is 10.5. The average molecular weight is 356 g/mol. The van der Waals surface area contributed by atoms with E-state index >= 15 is 0 Å². The number of carbonyl (C=O) groups is 2. The molecule has 2 aromatic rings. The minimum Gasteiger partial charge on any atom is -0.268 e. The topological polar surface area (TPSA) is 144 Å². The number of hydrogen-bond acceptors (Lipinski definition) is 6. The van der Waals surface area contributed by atoms with Crippen LogP contribution in [-0.4, -0.2) is 21.7 Å². The van der Waals surface area contributed by atoms with Gasteiger partial charge in [-0.05, 0) is 23.8 Å². The molecule has 26 heavy (non-hydrogen) atoms. The quantitative estimate of drug-likeness (QED) is 0.476. The fraction of sp³-hybridized carbons (Fsp3) is 0. The van der Waals surface area contributed by atoms with Crippen LogP contribution >= 0.6 is 0 Å². The monoisotopic (exact) mass is 356 g/mol. The van der Waals surface area contributed by atoms with Crippen molar-refractivity contribution in [2.75, 3.05) is 0 Å². The Morgan fingerprint density at radius 3 is 2.15 bits per heavy atom. The number of hydrogen-bond donors (Lipinski definition) is 2. The van der Waals surface area contributed by atoms with Gasteiger partial charge >= 0.3 is 0 Å². The van der Waals surface area contributed by atoms with Crippen molar-refractivity contribution >= 4 is 29.3 Å². The number of nitro groups is 2. The predicted molar refractivity (Wildman–Crippen MR) is 90.8 cm³/mol. The molecular weight excluding hydrogens is 344 g/mol. The molecule has 10 heteroatoms. The van der Waals surface area contributed by atoms with Crippen molar-refractivity contribution in [3.8, 4) is 0 Å². The number of carbonyl (C=O) groups excluding carboxylic acids is 2. The van der Waals surface area contributed by atoms with Crippen LogP contribution in [0.25, 0.3) is 6.08 Å². The van der Waals surface area contributed by atoms with Crippen LogP contribution in [0.15, 0.2) is 54.6 Å². The summed E-state index contributed by atoms with van der Waals surface area (Å²) in [6.45, 7) is 0. The Labute approximate surface area is 146 Å². The number of hydrazine groups is 1. The molecule has 2 rings (SSSR count). The van der Waals surface area contributed by atoms with Crippen LogP contribution in [0.5, 0.6) is 0 Å². The maximum atomic E-state index is 11.8. The Hall–Kier alpha value is -4.08. The van der Waals surface area contributed by atoms with Crippen molar-refractivity contribution in [1.82, 2.24) is 10.9 Å². The Bertz CT molecular complexity index is 892. The van der Waals surface area contributed by atoms with Gasteiger partial charge < -0.3 is 0 Å². The van der Waals surface area contributed by atoms with E-state index in [9.17, 15) is 29.8 Å². The lowest BCUT2D eigenvalue weighted by atomic mass is 10.2. The Morgan fingerprint density at radius 2 is 1.54 bits per heavy atom. The third-order valence-corrected chi connectivity index (χ3v) is 3.15. The van der Waals surface area contributed by atoms with E-state index in [0.717, 1.165) is 6.08 Å². The molecule has 0 saturated carbocycles. The second kappa shape index (κ2) is 8.15. The summed E-state index contributed by atoms with van der Waals surface area (Å²) >= 11 is 0. The van der Waals surface area contributed by atoms with Gasteiger partial charge in [-0.3, -0.25) is 40.7 Å². The number of rotatable bonds is 5. The van der Waals surface area contributed by atoms with Gasteiger partial charge in [0.15, 0.2) is 0 Å². The number of nitrogens with zero attached hydrogens (tertiary/aromatic N) is 2. The Morgan fingerprint density at radius 1 is 0.885 bits per heavy atom. The second-order valence-electron chi connectivity index (χ2n) is 4.93. The zero-order valence-electron chi connectivity index (χ0n) is 13.1. The van der Waals surface area contributed by atoms with E-state index in [1.165, 1.54) is 48.5 Å². The molecule has 0 aromatic heterocycles. The van der Waals surface area contributed by atoms with E-state index in [1.807, 2.05) is 0 Å². The van der Waals surface area contributed by atoms with Crippen LogP contribution in [0.2, 0.25) is 0 Å². The van der Waals surface area contributed by atoms with Crippen LogP contribution in [0.4, 0.5) is 11.4 Å². The highest BCUT2D eigenvalue weighted by molar-refractivity contribution is 5.98. The average Bonchev–Trinajstić information content (AvgIpc) is 2.64. The molecule has 0 aliphatic heterocycles. The minimum atomic E-state index is -0.660. The van der Waals surface area contributed by atoms with Crippen molar-refractivity contribution in [3.63, 3.8) is 0 Å². The zero-order valence-corrected chi connectivity index (χ0v) is 13.1. The highest BCUT2D eigenvalue weighted by Gasteiger charge is 2.09. The molecule has 132 valence electrons. The molecule has 0 aliphatic rings. The molecule has 0 saturated heterocycles. The van der Waals surface area contributed by atoms with Gasteiger partial charge in [0.2, 0.25) is 0 Å². The normalized spacial score (nSPS) is 10.3. The smallest absolute Gasteiger partial charge is 0.268 e. The Kier molecular flexibility index (Phi) is 5.72. The van der Waals surface area contributed by atoms with Crippen LogP contribution in [0, 0.1) is 20.2 Å². The van der Waals surface area contributed by atoms with Gasteiger partial charge in [-0.2, -0.15) is 0 Å². The van der Waals surface area contributed by atoms with Gasteiger partial charge in [0.1, 0.15) is 0 Å². The fourth-order valence-corrected chi connectivity index (χ4v) is 1.88. The van der Waals surface area contributed by atoms with Crippen LogP contribution in [0.3, 0.4) is 0 Å². The molecule has 0 atom stereocenters. The second-order valence-corrected chi connectivity index (χ2v) is 4.93. The molecule has 10 nitrogen and oxygen atoms in total. The van der Waals surface area contributed by atoms with Gasteiger partial charge in [-0.15, -0.1) is 0 Å². The van der Waals surface area contributed by atoms with E-state index in [2.05, 4.69) is 10.9 Å². The molecule has 0 aliphatic carbocycles. The van der Waals surface area contributed by atoms with Crippen molar-refractivity contribution in [2.45, 2.75) is 0 Å². The van der Waals surface area contributed by atoms with Gasteiger partial charge in [0.05, 0.1) is 9.85 Å². The van der Waals surface area contributed by atoms with Crippen LogP contribution < -0.4 is 10.9 Å². The van der Waals surface area contributed by atoms with E-state index < -0.39 is 21.7 Å². The molecule has 0 bridgehead atoms. The summed E-state index contributed by atoms with van der Waals surface area (Å²) < 4.78 is 0. The maximum Gasteiger partial charge on any atom is 0.270 e. The molecule has 0 radical (unpaired) electrons. The van der Waals surface area contributed by atoms with Crippen molar-refractivity contribution in [3.05, 3.63) is 86.0 Å². The highest BCUT2D eigenvalue weighted by Crippen LogP contribution is 2.14. The minimum absolute atomic E-state index is 0.112. The number of benzene rings is 2. The third kappa shape index (κ3) is 4.96. The predicted octanol–water partition coefficient (Wildman–Crippen LogP) is 1.98. The molecule has 0 fully saturated rings. The summed E-state index contributed by atoms with van der Waals surface area (Å²) in [5.41, 5.74) is 4.57. The third-order valence-electron chi connectivity index (χ3n) is 3.15.